The molecule has 1 spiro atoms. The lowest BCUT2D eigenvalue weighted by atomic mass is 9.79. The topological polar surface area (TPSA) is 85.2 Å². The molecular weight excluding hydrogens is 416 g/mol. The van der Waals surface area contributed by atoms with Gasteiger partial charge in [0, 0.05) is 42.6 Å². The van der Waals surface area contributed by atoms with Gasteiger partial charge in [-0.2, -0.15) is 5.10 Å². The first-order chi connectivity index (χ1) is 15.9. The van der Waals surface area contributed by atoms with Crippen LogP contribution < -0.4 is 15.4 Å². The van der Waals surface area contributed by atoms with Crippen LogP contribution in [0.1, 0.15) is 58.7 Å². The van der Waals surface area contributed by atoms with Crippen molar-refractivity contribution in [2.45, 2.75) is 38.3 Å². The highest BCUT2D eigenvalue weighted by Gasteiger charge is 2.47. The summed E-state index contributed by atoms with van der Waals surface area (Å²) in [5, 5.41) is 11.0. The van der Waals surface area contributed by atoms with E-state index in [1.54, 1.807) is 28.9 Å². The molecule has 0 atom stereocenters. The zero-order chi connectivity index (χ0) is 23.2. The first-order valence-corrected chi connectivity index (χ1v) is 11.4. The fraction of sp³-hybridized carbons (Fsp3) is 0.346. The molecule has 3 aromatic rings. The predicted octanol–water partition coefficient (Wildman–Crippen LogP) is 3.43. The third-order valence-corrected chi connectivity index (χ3v) is 6.41. The number of benzene rings is 2. The Bertz CT molecular complexity index is 1220. The second-order valence-corrected chi connectivity index (χ2v) is 9.07. The minimum absolute atomic E-state index is 0.0444. The monoisotopic (exact) mass is 444 g/mol. The Morgan fingerprint density at radius 2 is 1.73 bits per heavy atom. The molecular formula is C26H28N4O3. The van der Waals surface area contributed by atoms with E-state index < -0.39 is 5.60 Å². The van der Waals surface area contributed by atoms with Gasteiger partial charge in [0.25, 0.3) is 5.91 Å². The molecule has 0 aliphatic carbocycles. The molecule has 2 aliphatic rings. The summed E-state index contributed by atoms with van der Waals surface area (Å²) in [5.74, 6) is 0.510. The highest BCUT2D eigenvalue weighted by atomic mass is 16.5. The molecule has 1 saturated heterocycles. The molecule has 5 rings (SSSR count). The Morgan fingerprint density at radius 3 is 2.42 bits per heavy atom. The number of piperidine rings is 1. The molecule has 2 aliphatic heterocycles. The summed E-state index contributed by atoms with van der Waals surface area (Å²) in [6.45, 7) is 5.45. The van der Waals surface area contributed by atoms with Gasteiger partial charge in [-0.15, -0.1) is 0 Å². The number of fused-ring (bicyclic) bond motifs is 4. The molecule has 3 heterocycles. The average molecular weight is 445 g/mol. The van der Waals surface area contributed by atoms with Crippen molar-refractivity contribution < 1.29 is 14.3 Å². The van der Waals surface area contributed by atoms with Crippen LogP contribution in [0.4, 0.5) is 0 Å². The van der Waals surface area contributed by atoms with Gasteiger partial charge in [0.1, 0.15) is 17.0 Å². The highest BCUT2D eigenvalue weighted by molar-refractivity contribution is 6.10. The van der Waals surface area contributed by atoms with Gasteiger partial charge in [-0.25, -0.2) is 0 Å². The van der Waals surface area contributed by atoms with Crippen molar-refractivity contribution in [3.05, 3.63) is 70.9 Å². The molecule has 0 bridgehead atoms. The largest absolute Gasteiger partial charge is 0.482 e. The smallest absolute Gasteiger partial charge is 0.251 e. The van der Waals surface area contributed by atoms with Gasteiger partial charge >= 0.3 is 0 Å². The number of amides is 1. The maximum absolute atomic E-state index is 13.7. The quantitative estimate of drug-likeness (QED) is 0.603. The van der Waals surface area contributed by atoms with Crippen molar-refractivity contribution >= 4 is 11.7 Å². The van der Waals surface area contributed by atoms with E-state index in [0.29, 0.717) is 16.8 Å². The minimum Gasteiger partial charge on any atom is -0.482 e. The summed E-state index contributed by atoms with van der Waals surface area (Å²) in [7, 11) is 1.88. The molecule has 7 nitrogen and oxygen atoms in total. The Hall–Kier alpha value is -3.45. The van der Waals surface area contributed by atoms with Crippen LogP contribution in [0.15, 0.2) is 48.5 Å². The van der Waals surface area contributed by atoms with Gasteiger partial charge in [0.05, 0.1) is 11.3 Å². The van der Waals surface area contributed by atoms with Crippen molar-refractivity contribution in [1.29, 1.82) is 0 Å². The van der Waals surface area contributed by atoms with E-state index in [0.717, 1.165) is 48.5 Å². The maximum Gasteiger partial charge on any atom is 0.251 e. The van der Waals surface area contributed by atoms with Gasteiger partial charge in [-0.1, -0.05) is 24.3 Å². The number of hydrogen-bond acceptors (Lipinski definition) is 5. The van der Waals surface area contributed by atoms with Gasteiger partial charge < -0.3 is 15.4 Å². The average Bonchev–Trinajstić information content (AvgIpc) is 3.17. The summed E-state index contributed by atoms with van der Waals surface area (Å²) < 4.78 is 8.42. The maximum atomic E-state index is 13.7. The molecule has 0 unspecified atom stereocenters. The molecule has 1 aromatic heterocycles. The highest BCUT2D eigenvalue weighted by Crippen LogP contribution is 2.50. The number of hydrogen-bond donors (Lipinski definition) is 2. The van der Waals surface area contributed by atoms with Gasteiger partial charge in [-0.3, -0.25) is 14.3 Å². The van der Waals surface area contributed by atoms with E-state index >= 15 is 0 Å². The summed E-state index contributed by atoms with van der Waals surface area (Å²) in [5.41, 5.74) is 3.61. The molecule has 0 radical (unpaired) electrons. The van der Waals surface area contributed by atoms with Crippen molar-refractivity contribution in [2.75, 3.05) is 13.1 Å². The third-order valence-electron chi connectivity index (χ3n) is 6.41. The first-order valence-electron chi connectivity index (χ1n) is 11.4. The second kappa shape index (κ2) is 8.15. The van der Waals surface area contributed by atoms with Crippen LogP contribution in [0.25, 0.3) is 11.3 Å². The summed E-state index contributed by atoms with van der Waals surface area (Å²) >= 11 is 0. The molecule has 0 saturated carbocycles. The second-order valence-electron chi connectivity index (χ2n) is 9.07. The number of aryl methyl sites for hydroxylation is 1. The number of ketones is 1. The Balaban J connectivity index is 1.58. The number of ether oxygens (including phenoxy) is 1. The van der Waals surface area contributed by atoms with Crippen LogP contribution in [0.3, 0.4) is 0 Å². The van der Waals surface area contributed by atoms with Crippen LogP contribution in [0, 0.1) is 0 Å². The number of rotatable bonds is 4. The normalized spacial score (nSPS) is 16.1. The van der Waals surface area contributed by atoms with Crippen molar-refractivity contribution in [1.82, 2.24) is 20.4 Å². The summed E-state index contributed by atoms with van der Waals surface area (Å²) in [4.78, 5) is 26.0. The van der Waals surface area contributed by atoms with Crippen LogP contribution in [0.2, 0.25) is 0 Å². The summed E-state index contributed by atoms with van der Waals surface area (Å²) in [6.07, 6.45) is 1.52. The van der Waals surface area contributed by atoms with Crippen LogP contribution in [-0.4, -0.2) is 40.6 Å². The van der Waals surface area contributed by atoms with E-state index in [4.69, 9.17) is 9.84 Å². The number of nitrogens with one attached hydrogen (secondary N) is 2. The molecule has 2 aromatic carbocycles. The molecule has 1 amide bonds. The van der Waals surface area contributed by atoms with Gasteiger partial charge in [0.15, 0.2) is 0 Å². The zero-order valence-electron chi connectivity index (χ0n) is 19.1. The number of aromatic nitrogens is 2. The number of carbonyl (C=O) groups is 2. The fourth-order valence-electron chi connectivity index (χ4n) is 4.87. The van der Waals surface area contributed by atoms with Crippen LogP contribution in [0.5, 0.6) is 5.75 Å². The lowest BCUT2D eigenvalue weighted by Gasteiger charge is -2.42. The van der Waals surface area contributed by atoms with Crippen molar-refractivity contribution in [2.24, 2.45) is 7.05 Å². The number of carbonyl (C=O) groups excluding carboxylic acids is 2. The zero-order valence-corrected chi connectivity index (χ0v) is 19.1. The molecule has 33 heavy (non-hydrogen) atoms. The molecule has 2 N–H and O–H groups in total. The molecule has 7 heteroatoms. The minimum atomic E-state index is -0.592. The van der Waals surface area contributed by atoms with Crippen molar-refractivity contribution in [3.63, 3.8) is 0 Å². The van der Waals surface area contributed by atoms with Crippen LogP contribution >= 0.6 is 0 Å². The van der Waals surface area contributed by atoms with Gasteiger partial charge in [-0.05, 0) is 51.2 Å². The number of para-hydroxylation sites is 1. The lowest BCUT2D eigenvalue weighted by Crippen LogP contribution is -2.46. The van der Waals surface area contributed by atoms with Crippen LogP contribution in [-0.2, 0) is 12.6 Å². The summed E-state index contributed by atoms with van der Waals surface area (Å²) in [6, 6.07) is 14.8. The first kappa shape index (κ1) is 21.4. The SMILES string of the molecule is CC(C)NC(=O)c1ccc(C(=O)c2nn(C)c3c2C2(CCNCC2)Oc2ccccc2-3)cc1. The van der Waals surface area contributed by atoms with Crippen molar-refractivity contribution in [3.8, 4) is 17.0 Å². The molecule has 1 fully saturated rings. The lowest BCUT2D eigenvalue weighted by molar-refractivity contribution is 0.0298. The van der Waals surface area contributed by atoms with E-state index in [2.05, 4.69) is 10.6 Å². The van der Waals surface area contributed by atoms with E-state index in [9.17, 15) is 9.59 Å². The van der Waals surface area contributed by atoms with E-state index in [1.165, 1.54) is 0 Å². The third kappa shape index (κ3) is 3.62. The van der Waals surface area contributed by atoms with E-state index in [-0.39, 0.29) is 17.7 Å². The van der Waals surface area contributed by atoms with E-state index in [1.807, 2.05) is 45.2 Å². The van der Waals surface area contributed by atoms with Gasteiger partial charge in [0.2, 0.25) is 5.78 Å². The fourth-order valence-corrected chi connectivity index (χ4v) is 4.87. The Kier molecular flexibility index (Phi) is 5.29. The Morgan fingerprint density at radius 1 is 1.06 bits per heavy atom. The predicted molar refractivity (Wildman–Crippen MR) is 126 cm³/mol. The standard InChI is InChI=1S/C26H28N4O3/c1-16(2)28-25(32)18-10-8-17(9-11-18)24(31)22-21-23(30(3)29-22)19-6-4-5-7-20(19)33-26(21)12-14-27-15-13-26/h4-11,16,27H,12-15H2,1-3H3,(H,28,32). The number of nitrogens with zero attached hydrogens (tertiary/aromatic N) is 2. The molecule has 170 valence electrons. The Labute approximate surface area is 193 Å².